The highest BCUT2D eigenvalue weighted by molar-refractivity contribution is 5.13. The number of hydrogen-bond donors (Lipinski definition) is 2. The van der Waals surface area contributed by atoms with Gasteiger partial charge in [0, 0.05) is 11.8 Å². The van der Waals surface area contributed by atoms with Gasteiger partial charge in [0.2, 0.25) is 0 Å². The molecule has 0 spiro atoms. The van der Waals surface area contributed by atoms with E-state index in [-0.39, 0.29) is 10.8 Å². The highest BCUT2D eigenvalue weighted by Gasteiger charge is 2.68. The van der Waals surface area contributed by atoms with Crippen molar-refractivity contribution in [1.29, 1.82) is 0 Å². The molecule has 2 nitrogen and oxygen atoms in total. The third-order valence-corrected chi connectivity index (χ3v) is 4.85. The van der Waals surface area contributed by atoms with E-state index in [0.29, 0.717) is 12.3 Å². The molecular weight excluding hydrogens is 152 g/mol. The lowest BCUT2D eigenvalue weighted by Crippen LogP contribution is -2.46. The summed E-state index contributed by atoms with van der Waals surface area (Å²) in [6.07, 6.45) is 2.68. The minimum atomic E-state index is -1.42. The molecular formula is C10H18O2. The molecule has 2 saturated carbocycles. The van der Waals surface area contributed by atoms with E-state index < -0.39 is 5.79 Å². The first-order chi connectivity index (χ1) is 5.31. The van der Waals surface area contributed by atoms with E-state index in [2.05, 4.69) is 13.8 Å². The Kier molecular flexibility index (Phi) is 1.33. The zero-order chi connectivity index (χ0) is 9.20. The Morgan fingerprint density at radius 3 is 1.92 bits per heavy atom. The number of hydrogen-bond acceptors (Lipinski definition) is 2. The van der Waals surface area contributed by atoms with Gasteiger partial charge in [0.05, 0.1) is 0 Å². The summed E-state index contributed by atoms with van der Waals surface area (Å²) >= 11 is 0. The summed E-state index contributed by atoms with van der Waals surface area (Å²) in [5.74, 6) is -0.920. The van der Waals surface area contributed by atoms with E-state index in [1.54, 1.807) is 0 Å². The Bertz CT molecular complexity index is 220. The summed E-state index contributed by atoms with van der Waals surface area (Å²) < 4.78 is 0. The molecule has 2 bridgehead atoms. The average molecular weight is 170 g/mol. The van der Waals surface area contributed by atoms with E-state index in [1.165, 1.54) is 0 Å². The van der Waals surface area contributed by atoms with Gasteiger partial charge in [-0.1, -0.05) is 20.8 Å². The Morgan fingerprint density at radius 2 is 1.75 bits per heavy atom. The smallest absolute Gasteiger partial charge is 0.168 e. The van der Waals surface area contributed by atoms with Gasteiger partial charge in [0.25, 0.3) is 0 Å². The lowest BCUT2D eigenvalue weighted by atomic mass is 9.68. The van der Waals surface area contributed by atoms with Crippen molar-refractivity contribution in [3.63, 3.8) is 0 Å². The lowest BCUT2D eigenvalue weighted by molar-refractivity contribution is -0.241. The van der Waals surface area contributed by atoms with Crippen molar-refractivity contribution in [1.82, 2.24) is 0 Å². The van der Waals surface area contributed by atoms with Crippen LogP contribution in [0.1, 0.15) is 40.0 Å². The molecule has 2 N–H and O–H groups in total. The minimum absolute atomic E-state index is 0.0938. The second kappa shape index (κ2) is 1.88. The summed E-state index contributed by atoms with van der Waals surface area (Å²) in [5.41, 5.74) is -0.193. The van der Waals surface area contributed by atoms with E-state index >= 15 is 0 Å². The molecule has 2 atom stereocenters. The van der Waals surface area contributed by atoms with Crippen molar-refractivity contribution >= 4 is 0 Å². The number of fused-ring (bicyclic) bond motifs is 2. The predicted molar refractivity (Wildman–Crippen MR) is 46.4 cm³/mol. The number of rotatable bonds is 0. The molecule has 2 aliphatic carbocycles. The van der Waals surface area contributed by atoms with Crippen LogP contribution < -0.4 is 0 Å². The van der Waals surface area contributed by atoms with Crippen LogP contribution in [-0.2, 0) is 0 Å². The Hall–Kier alpha value is -0.0800. The molecule has 0 radical (unpaired) electrons. The second-order valence-corrected chi connectivity index (χ2v) is 5.31. The fourth-order valence-corrected chi connectivity index (χ4v) is 3.24. The average Bonchev–Trinajstić information content (AvgIpc) is 2.18. The first kappa shape index (κ1) is 8.52. The van der Waals surface area contributed by atoms with Gasteiger partial charge >= 0.3 is 0 Å². The van der Waals surface area contributed by atoms with Crippen molar-refractivity contribution in [2.75, 3.05) is 0 Å². The van der Waals surface area contributed by atoms with Crippen LogP contribution in [0.5, 0.6) is 0 Å². The van der Waals surface area contributed by atoms with Crippen molar-refractivity contribution in [2.45, 2.75) is 45.8 Å². The van der Waals surface area contributed by atoms with Crippen molar-refractivity contribution in [2.24, 2.45) is 16.7 Å². The van der Waals surface area contributed by atoms with Gasteiger partial charge in [-0.05, 0) is 24.2 Å². The number of aliphatic hydroxyl groups is 2. The van der Waals surface area contributed by atoms with Gasteiger partial charge < -0.3 is 10.2 Å². The molecule has 2 heteroatoms. The van der Waals surface area contributed by atoms with Gasteiger partial charge in [0.15, 0.2) is 5.79 Å². The van der Waals surface area contributed by atoms with Crippen LogP contribution in [0.4, 0.5) is 0 Å². The molecule has 2 aliphatic rings. The van der Waals surface area contributed by atoms with Crippen LogP contribution in [0.25, 0.3) is 0 Å². The first-order valence-corrected chi connectivity index (χ1v) is 4.76. The van der Waals surface area contributed by atoms with Crippen molar-refractivity contribution in [3.05, 3.63) is 0 Å². The van der Waals surface area contributed by atoms with Gasteiger partial charge in [-0.15, -0.1) is 0 Å². The standard InChI is InChI=1S/C10H18O2/c1-8(2)7-4-5-9(8,3)10(11,12)6-7/h7,11-12H,4-6H2,1-3H3. The van der Waals surface area contributed by atoms with E-state index in [0.717, 1.165) is 12.8 Å². The molecule has 0 aromatic heterocycles. The third-order valence-electron chi connectivity index (χ3n) is 4.85. The predicted octanol–water partition coefficient (Wildman–Crippen LogP) is 1.51. The summed E-state index contributed by atoms with van der Waals surface area (Å²) in [4.78, 5) is 0. The zero-order valence-corrected chi connectivity index (χ0v) is 8.09. The van der Waals surface area contributed by atoms with Crippen LogP contribution in [0, 0.1) is 16.7 Å². The summed E-state index contributed by atoms with van der Waals surface area (Å²) in [6, 6.07) is 0. The molecule has 0 saturated heterocycles. The van der Waals surface area contributed by atoms with Gasteiger partial charge in [-0.25, -0.2) is 0 Å². The molecule has 2 fully saturated rings. The lowest BCUT2D eigenvalue weighted by Gasteiger charge is -2.41. The van der Waals surface area contributed by atoms with Crippen molar-refractivity contribution < 1.29 is 10.2 Å². The molecule has 0 aromatic carbocycles. The van der Waals surface area contributed by atoms with Crippen LogP contribution in [-0.4, -0.2) is 16.0 Å². The van der Waals surface area contributed by atoms with Crippen LogP contribution in [0.2, 0.25) is 0 Å². The molecule has 0 aliphatic heterocycles. The van der Waals surface area contributed by atoms with Crippen molar-refractivity contribution in [3.8, 4) is 0 Å². The quantitative estimate of drug-likeness (QED) is 0.541. The molecule has 12 heavy (non-hydrogen) atoms. The largest absolute Gasteiger partial charge is 0.365 e. The topological polar surface area (TPSA) is 40.5 Å². The summed E-state index contributed by atoms with van der Waals surface area (Å²) in [6.45, 7) is 6.34. The highest BCUT2D eigenvalue weighted by atomic mass is 16.5. The van der Waals surface area contributed by atoms with Crippen LogP contribution in [0.3, 0.4) is 0 Å². The first-order valence-electron chi connectivity index (χ1n) is 4.76. The maximum atomic E-state index is 9.84. The monoisotopic (exact) mass is 170 g/mol. The normalized spacial score (nSPS) is 48.2. The van der Waals surface area contributed by atoms with Gasteiger partial charge in [-0.3, -0.25) is 0 Å². The van der Waals surface area contributed by atoms with Crippen LogP contribution in [0.15, 0.2) is 0 Å². The van der Waals surface area contributed by atoms with Gasteiger partial charge in [-0.2, -0.15) is 0 Å². The molecule has 2 rings (SSSR count). The fraction of sp³-hybridized carbons (Fsp3) is 1.00. The maximum Gasteiger partial charge on any atom is 0.168 e. The highest BCUT2D eigenvalue weighted by Crippen LogP contribution is 2.68. The Morgan fingerprint density at radius 1 is 1.17 bits per heavy atom. The molecule has 0 amide bonds. The van der Waals surface area contributed by atoms with E-state index in [1.807, 2.05) is 6.92 Å². The van der Waals surface area contributed by atoms with Gasteiger partial charge in [0.1, 0.15) is 0 Å². The van der Waals surface area contributed by atoms with E-state index in [4.69, 9.17) is 0 Å². The SMILES string of the molecule is CC1(C)C2CCC1(C)C(O)(O)C2. The maximum absolute atomic E-state index is 9.84. The third kappa shape index (κ3) is 0.647. The molecule has 0 aromatic rings. The summed E-state index contributed by atoms with van der Waals surface area (Å²) in [5, 5.41) is 19.7. The molecule has 70 valence electrons. The Balaban J connectivity index is 2.47. The zero-order valence-electron chi connectivity index (χ0n) is 8.09. The molecule has 2 unspecified atom stereocenters. The fourth-order valence-electron chi connectivity index (χ4n) is 3.24. The van der Waals surface area contributed by atoms with Crippen LogP contribution >= 0.6 is 0 Å². The second-order valence-electron chi connectivity index (χ2n) is 5.31. The Labute approximate surface area is 73.6 Å². The molecule has 0 heterocycles. The van der Waals surface area contributed by atoms with E-state index in [9.17, 15) is 10.2 Å². The minimum Gasteiger partial charge on any atom is -0.365 e. The summed E-state index contributed by atoms with van der Waals surface area (Å²) in [7, 11) is 0.